The van der Waals surface area contributed by atoms with Gasteiger partial charge in [0.1, 0.15) is 11.5 Å². The predicted molar refractivity (Wildman–Crippen MR) is 113 cm³/mol. The van der Waals surface area contributed by atoms with Crippen LogP contribution in [0, 0.1) is 11.7 Å². The van der Waals surface area contributed by atoms with Crippen molar-refractivity contribution in [2.24, 2.45) is 11.7 Å². The average molecular weight is 416 g/mol. The number of nitrogens with two attached hydrogens (primary N) is 1. The molecule has 1 aliphatic carbocycles. The molecular formula is C22H23ClFN3O2. The molecule has 3 N–H and O–H groups in total. The summed E-state index contributed by atoms with van der Waals surface area (Å²) >= 11 is 5.40. The zero-order valence-electron chi connectivity index (χ0n) is 16.1. The van der Waals surface area contributed by atoms with Crippen molar-refractivity contribution < 1.29 is 9.18 Å². The summed E-state index contributed by atoms with van der Waals surface area (Å²) < 4.78 is 12.1. The number of carbonyl (C=O) groups excluding carboxylic acids is 1. The first-order chi connectivity index (χ1) is 13.8. The van der Waals surface area contributed by atoms with Crippen molar-refractivity contribution in [2.75, 3.05) is 0 Å². The van der Waals surface area contributed by atoms with Crippen LogP contribution in [0.2, 0.25) is 5.02 Å². The molecule has 0 atom stereocenters. The lowest BCUT2D eigenvalue weighted by Crippen LogP contribution is -2.19. The minimum absolute atomic E-state index is 0.0394. The molecule has 1 aliphatic rings. The van der Waals surface area contributed by atoms with Crippen molar-refractivity contribution in [3.63, 3.8) is 0 Å². The highest BCUT2D eigenvalue weighted by atomic mass is 35.5. The first kappa shape index (κ1) is 21.0. The van der Waals surface area contributed by atoms with Crippen molar-refractivity contribution in [3.05, 3.63) is 75.0 Å². The highest BCUT2D eigenvalue weighted by Crippen LogP contribution is 2.34. The zero-order valence-corrected chi connectivity index (χ0v) is 16.9. The minimum atomic E-state index is -0.676. The monoisotopic (exact) mass is 415 g/mol. The second-order valence-corrected chi connectivity index (χ2v) is 7.87. The lowest BCUT2D eigenvalue weighted by molar-refractivity contribution is 0.0997. The van der Waals surface area contributed by atoms with Gasteiger partial charge in [-0.2, -0.15) is 0 Å². The molecule has 1 amide bonds. The number of hydrogen-bond acceptors (Lipinski definition) is 3. The van der Waals surface area contributed by atoms with E-state index in [4.69, 9.17) is 17.3 Å². The Labute approximate surface area is 173 Å². The Hall–Kier alpha value is -2.73. The van der Waals surface area contributed by atoms with Crippen LogP contribution in [0.4, 0.5) is 4.39 Å². The molecule has 0 aliphatic heterocycles. The van der Waals surface area contributed by atoms with E-state index in [1.54, 1.807) is 24.3 Å². The number of carbonyl (C=O) groups is 1. The van der Waals surface area contributed by atoms with Crippen molar-refractivity contribution in [3.8, 4) is 0 Å². The molecular weight excluding hydrogens is 393 g/mol. The molecule has 152 valence electrons. The number of aromatic nitrogens is 2. The van der Waals surface area contributed by atoms with Gasteiger partial charge in [0.15, 0.2) is 5.43 Å². The molecule has 0 bridgehead atoms. The van der Waals surface area contributed by atoms with Crippen molar-refractivity contribution >= 4 is 28.4 Å². The first-order valence-corrected chi connectivity index (χ1v) is 9.95. The molecule has 1 fully saturated rings. The van der Waals surface area contributed by atoms with Gasteiger partial charge >= 0.3 is 0 Å². The molecule has 0 radical (unpaired) electrons. The van der Waals surface area contributed by atoms with Crippen LogP contribution in [0.15, 0.2) is 47.4 Å². The number of hydrogen-bond donors (Lipinski definition) is 2. The van der Waals surface area contributed by atoms with Gasteiger partial charge in [0.05, 0.1) is 10.9 Å². The maximum Gasteiger partial charge on any atom is 0.268 e. The molecule has 2 heterocycles. The average Bonchev–Trinajstić information content (AvgIpc) is 2.68. The van der Waals surface area contributed by atoms with Gasteiger partial charge in [-0.1, -0.05) is 37.4 Å². The number of halogens is 2. The molecule has 29 heavy (non-hydrogen) atoms. The van der Waals surface area contributed by atoms with Crippen LogP contribution < -0.4 is 11.2 Å². The van der Waals surface area contributed by atoms with E-state index in [0.29, 0.717) is 16.5 Å². The van der Waals surface area contributed by atoms with Crippen molar-refractivity contribution in [2.45, 2.75) is 38.5 Å². The Morgan fingerprint density at radius 1 is 1.21 bits per heavy atom. The molecule has 1 aromatic carbocycles. The van der Waals surface area contributed by atoms with Gasteiger partial charge < -0.3 is 10.7 Å². The molecule has 5 nitrogen and oxygen atoms in total. The molecule has 7 heteroatoms. The predicted octanol–water partition coefficient (Wildman–Crippen LogP) is 4.79. The number of benzene rings is 1. The van der Waals surface area contributed by atoms with E-state index in [0.717, 1.165) is 24.5 Å². The standard InChI is InChI=1S/C16H19N3O2.C6H4ClF/c1-9-2-4-10(5-3-9)12-8-13(20)14-11(19-12)6-7-18-15(14)16(17)21;7-5-2-1-3-6(8)4-5/h6-10H,2-5H2,1H3,(H2,17,21)(H,19,20);1-4H. The molecule has 1 saturated carbocycles. The van der Waals surface area contributed by atoms with E-state index in [2.05, 4.69) is 16.9 Å². The Balaban J connectivity index is 0.000000252. The molecule has 2 aromatic heterocycles. The summed E-state index contributed by atoms with van der Waals surface area (Å²) in [5, 5.41) is 0.725. The number of amides is 1. The summed E-state index contributed by atoms with van der Waals surface area (Å²) in [7, 11) is 0. The Morgan fingerprint density at radius 3 is 2.52 bits per heavy atom. The van der Waals surface area contributed by atoms with Crippen molar-refractivity contribution in [1.29, 1.82) is 0 Å². The summed E-state index contributed by atoms with van der Waals surface area (Å²) in [5.41, 5.74) is 6.75. The molecule has 0 saturated heterocycles. The van der Waals surface area contributed by atoms with Gasteiger partial charge in [-0.25, -0.2) is 4.39 Å². The third kappa shape index (κ3) is 5.21. The summed E-state index contributed by atoms with van der Waals surface area (Å²) in [6.45, 7) is 2.27. The number of nitrogens with zero attached hydrogens (tertiary/aromatic N) is 1. The van der Waals surface area contributed by atoms with Gasteiger partial charge in [0.25, 0.3) is 5.91 Å². The summed E-state index contributed by atoms with van der Waals surface area (Å²) in [4.78, 5) is 31.0. The number of rotatable bonds is 2. The first-order valence-electron chi connectivity index (χ1n) is 9.58. The maximum atomic E-state index is 12.4. The summed E-state index contributed by atoms with van der Waals surface area (Å²) in [6, 6.07) is 9.14. The lowest BCUT2D eigenvalue weighted by Gasteiger charge is -2.26. The number of aromatic amines is 1. The molecule has 0 spiro atoms. The van der Waals surface area contributed by atoms with Gasteiger partial charge in [-0.15, -0.1) is 0 Å². The normalized spacial score (nSPS) is 18.7. The zero-order chi connectivity index (χ0) is 21.0. The number of H-pyrrole nitrogens is 1. The van der Waals surface area contributed by atoms with E-state index >= 15 is 0 Å². The third-order valence-corrected chi connectivity index (χ3v) is 5.47. The quantitative estimate of drug-likeness (QED) is 0.630. The van der Waals surface area contributed by atoms with E-state index in [-0.39, 0.29) is 22.3 Å². The highest BCUT2D eigenvalue weighted by Gasteiger charge is 2.22. The topological polar surface area (TPSA) is 88.8 Å². The third-order valence-electron chi connectivity index (χ3n) is 5.24. The largest absolute Gasteiger partial charge is 0.364 e. The fourth-order valence-corrected chi connectivity index (χ4v) is 3.84. The Kier molecular flexibility index (Phi) is 6.64. The smallest absolute Gasteiger partial charge is 0.268 e. The summed E-state index contributed by atoms with van der Waals surface area (Å²) in [6.07, 6.45) is 6.07. The van der Waals surface area contributed by atoms with Crippen LogP contribution in [-0.2, 0) is 0 Å². The molecule has 0 unspecified atom stereocenters. The van der Waals surface area contributed by atoms with Crippen LogP contribution in [0.3, 0.4) is 0 Å². The number of primary amides is 1. The fourth-order valence-electron chi connectivity index (χ4n) is 3.66. The van der Waals surface area contributed by atoms with E-state index in [9.17, 15) is 14.0 Å². The second-order valence-electron chi connectivity index (χ2n) is 7.43. The number of nitrogens with one attached hydrogen (secondary N) is 1. The van der Waals surface area contributed by atoms with E-state index in [1.165, 1.54) is 31.2 Å². The Morgan fingerprint density at radius 2 is 1.93 bits per heavy atom. The number of pyridine rings is 2. The summed E-state index contributed by atoms with van der Waals surface area (Å²) in [5.74, 6) is 0.186. The Bertz CT molecular complexity index is 1060. The van der Waals surface area contributed by atoms with Gasteiger partial charge in [-0.3, -0.25) is 14.6 Å². The fraction of sp³-hybridized carbons (Fsp3) is 0.318. The van der Waals surface area contributed by atoms with E-state index < -0.39 is 5.91 Å². The van der Waals surface area contributed by atoms with Crippen LogP contribution in [-0.4, -0.2) is 15.9 Å². The van der Waals surface area contributed by atoms with Gasteiger partial charge in [0, 0.05) is 23.0 Å². The van der Waals surface area contributed by atoms with E-state index in [1.807, 2.05) is 0 Å². The second kappa shape index (κ2) is 9.18. The van der Waals surface area contributed by atoms with Gasteiger partial charge in [0.2, 0.25) is 0 Å². The van der Waals surface area contributed by atoms with Crippen molar-refractivity contribution in [1.82, 2.24) is 9.97 Å². The maximum absolute atomic E-state index is 12.4. The van der Waals surface area contributed by atoms with Crippen LogP contribution in [0.25, 0.3) is 10.9 Å². The van der Waals surface area contributed by atoms with Crippen LogP contribution in [0.5, 0.6) is 0 Å². The lowest BCUT2D eigenvalue weighted by atomic mass is 9.81. The molecule has 3 aromatic rings. The van der Waals surface area contributed by atoms with Crippen LogP contribution in [0.1, 0.15) is 54.7 Å². The highest BCUT2D eigenvalue weighted by molar-refractivity contribution is 6.30. The SMILES string of the molecule is CC1CCC(c2cc(=O)c3c(C(N)=O)nccc3[nH]2)CC1.Fc1cccc(Cl)c1. The molecule has 4 rings (SSSR count). The van der Waals surface area contributed by atoms with Crippen LogP contribution >= 0.6 is 11.6 Å². The van der Waals surface area contributed by atoms with Gasteiger partial charge in [-0.05, 0) is 48.9 Å². The minimum Gasteiger partial charge on any atom is -0.364 e. The number of fused-ring (bicyclic) bond motifs is 1.